The van der Waals surface area contributed by atoms with Gasteiger partial charge in [0.1, 0.15) is 0 Å². The second-order valence-electron chi connectivity index (χ2n) is 4.22. The van der Waals surface area contributed by atoms with Crippen molar-refractivity contribution in [2.75, 3.05) is 6.54 Å². The minimum Gasteiger partial charge on any atom is -0.314 e. The summed E-state index contributed by atoms with van der Waals surface area (Å²) in [6.07, 6.45) is 1.39. The Morgan fingerprint density at radius 1 is 1.62 bits per heavy atom. The first-order valence-corrected chi connectivity index (χ1v) is 5.97. The van der Waals surface area contributed by atoms with Gasteiger partial charge in [-0.1, -0.05) is 13.8 Å². The lowest BCUT2D eigenvalue weighted by molar-refractivity contribution is 0.555. The molecule has 2 rings (SSSR count). The van der Waals surface area contributed by atoms with Crippen molar-refractivity contribution < 1.29 is 0 Å². The Bertz CT molecular complexity index is 253. The van der Waals surface area contributed by atoms with Crippen LogP contribution in [0.2, 0.25) is 0 Å². The predicted molar refractivity (Wildman–Crippen MR) is 58.3 cm³/mol. The lowest BCUT2D eigenvalue weighted by Gasteiger charge is -2.06. The predicted octanol–water partition coefficient (Wildman–Crippen LogP) is 2.85. The Morgan fingerprint density at radius 3 is 3.08 bits per heavy atom. The molecule has 1 nitrogen and oxygen atoms in total. The third-order valence-corrected chi connectivity index (χ3v) is 3.38. The number of nitrogens with one attached hydrogen (secondary N) is 1. The molecule has 0 amide bonds. The highest BCUT2D eigenvalue weighted by molar-refractivity contribution is 7.08. The third-order valence-electron chi connectivity index (χ3n) is 2.68. The standard InChI is InChI=1S/C11H17NS/c1-8(2)12-6-10-5-11(10)9-3-4-13-7-9/h3-4,7-8,10-12H,5-6H2,1-2H3. The van der Waals surface area contributed by atoms with Crippen molar-refractivity contribution in [1.82, 2.24) is 5.32 Å². The van der Waals surface area contributed by atoms with Gasteiger partial charge in [0.25, 0.3) is 0 Å². The summed E-state index contributed by atoms with van der Waals surface area (Å²) >= 11 is 1.81. The zero-order valence-corrected chi connectivity index (χ0v) is 9.10. The summed E-state index contributed by atoms with van der Waals surface area (Å²) in [4.78, 5) is 0. The molecule has 13 heavy (non-hydrogen) atoms. The topological polar surface area (TPSA) is 12.0 Å². The average molecular weight is 195 g/mol. The van der Waals surface area contributed by atoms with Crippen LogP contribution in [-0.2, 0) is 0 Å². The van der Waals surface area contributed by atoms with E-state index in [4.69, 9.17) is 0 Å². The highest BCUT2D eigenvalue weighted by atomic mass is 32.1. The monoisotopic (exact) mass is 195 g/mol. The van der Waals surface area contributed by atoms with Gasteiger partial charge in [0.2, 0.25) is 0 Å². The fraction of sp³-hybridized carbons (Fsp3) is 0.636. The Kier molecular flexibility index (Phi) is 2.70. The fourth-order valence-electron chi connectivity index (χ4n) is 1.75. The van der Waals surface area contributed by atoms with Gasteiger partial charge in [0.15, 0.2) is 0 Å². The molecule has 1 heterocycles. The van der Waals surface area contributed by atoms with Gasteiger partial charge in [-0.05, 0) is 47.2 Å². The van der Waals surface area contributed by atoms with E-state index in [0.29, 0.717) is 6.04 Å². The molecule has 0 bridgehead atoms. The third kappa shape index (κ3) is 2.32. The maximum absolute atomic E-state index is 3.50. The summed E-state index contributed by atoms with van der Waals surface area (Å²) in [5.74, 6) is 1.76. The molecule has 0 spiro atoms. The number of rotatable bonds is 4. The van der Waals surface area contributed by atoms with E-state index in [1.807, 2.05) is 11.3 Å². The Morgan fingerprint density at radius 2 is 2.46 bits per heavy atom. The molecular formula is C11H17NS. The van der Waals surface area contributed by atoms with Crippen molar-refractivity contribution >= 4 is 11.3 Å². The maximum Gasteiger partial charge on any atom is 0.00104 e. The van der Waals surface area contributed by atoms with Crippen LogP contribution in [0, 0.1) is 5.92 Å². The van der Waals surface area contributed by atoms with Crippen LogP contribution in [0.5, 0.6) is 0 Å². The molecule has 0 saturated heterocycles. The first-order chi connectivity index (χ1) is 6.27. The van der Waals surface area contributed by atoms with Gasteiger partial charge < -0.3 is 5.32 Å². The molecular weight excluding hydrogens is 178 g/mol. The van der Waals surface area contributed by atoms with Crippen molar-refractivity contribution in [2.24, 2.45) is 5.92 Å². The average Bonchev–Trinajstić information content (AvgIpc) is 2.66. The van der Waals surface area contributed by atoms with Crippen LogP contribution in [0.15, 0.2) is 16.8 Å². The van der Waals surface area contributed by atoms with Crippen LogP contribution in [0.4, 0.5) is 0 Å². The molecule has 0 aliphatic heterocycles. The molecule has 1 N–H and O–H groups in total. The second-order valence-corrected chi connectivity index (χ2v) is 5.00. The number of thiophene rings is 1. The first-order valence-electron chi connectivity index (χ1n) is 5.03. The number of hydrogen-bond donors (Lipinski definition) is 1. The molecule has 1 aliphatic rings. The summed E-state index contributed by atoms with van der Waals surface area (Å²) in [5, 5.41) is 7.98. The van der Waals surface area contributed by atoms with E-state index in [1.165, 1.54) is 13.0 Å². The lowest BCUT2D eigenvalue weighted by Crippen LogP contribution is -2.25. The molecule has 0 aromatic carbocycles. The van der Waals surface area contributed by atoms with Crippen LogP contribution >= 0.6 is 11.3 Å². The van der Waals surface area contributed by atoms with Crippen molar-refractivity contribution in [3.05, 3.63) is 22.4 Å². The fourth-order valence-corrected chi connectivity index (χ4v) is 2.48. The van der Waals surface area contributed by atoms with Crippen molar-refractivity contribution in [1.29, 1.82) is 0 Å². The Labute approximate surface area is 84.2 Å². The molecule has 1 aromatic rings. The molecule has 72 valence electrons. The van der Waals surface area contributed by atoms with Gasteiger partial charge in [-0.2, -0.15) is 11.3 Å². The minimum absolute atomic E-state index is 0.628. The molecule has 1 fully saturated rings. The van der Waals surface area contributed by atoms with Crippen molar-refractivity contribution in [3.63, 3.8) is 0 Å². The van der Waals surface area contributed by atoms with Crippen LogP contribution in [0.3, 0.4) is 0 Å². The van der Waals surface area contributed by atoms with Crippen molar-refractivity contribution in [2.45, 2.75) is 32.2 Å². The van der Waals surface area contributed by atoms with Gasteiger partial charge in [0.05, 0.1) is 0 Å². The first kappa shape index (κ1) is 9.22. The summed E-state index contributed by atoms with van der Waals surface area (Å²) < 4.78 is 0. The van der Waals surface area contributed by atoms with Gasteiger partial charge in [-0.25, -0.2) is 0 Å². The smallest absolute Gasteiger partial charge is 0.00104 e. The van der Waals surface area contributed by atoms with E-state index in [2.05, 4.69) is 36.0 Å². The maximum atomic E-state index is 3.50. The SMILES string of the molecule is CC(C)NCC1CC1c1ccsc1. The lowest BCUT2D eigenvalue weighted by atomic mass is 10.2. The molecule has 1 aliphatic carbocycles. The summed E-state index contributed by atoms with van der Waals surface area (Å²) in [6.45, 7) is 5.61. The van der Waals surface area contributed by atoms with E-state index < -0.39 is 0 Å². The largest absolute Gasteiger partial charge is 0.314 e. The molecule has 2 unspecified atom stereocenters. The zero-order valence-electron chi connectivity index (χ0n) is 8.29. The van der Waals surface area contributed by atoms with E-state index in [0.717, 1.165) is 11.8 Å². The zero-order chi connectivity index (χ0) is 9.26. The Hall–Kier alpha value is -0.340. The molecule has 1 saturated carbocycles. The highest BCUT2D eigenvalue weighted by Gasteiger charge is 2.37. The van der Waals surface area contributed by atoms with Gasteiger partial charge in [-0.15, -0.1) is 0 Å². The second kappa shape index (κ2) is 3.81. The van der Waals surface area contributed by atoms with Gasteiger partial charge in [0, 0.05) is 6.04 Å². The van der Waals surface area contributed by atoms with Crippen LogP contribution < -0.4 is 5.32 Å². The van der Waals surface area contributed by atoms with E-state index in [-0.39, 0.29) is 0 Å². The van der Waals surface area contributed by atoms with Crippen molar-refractivity contribution in [3.8, 4) is 0 Å². The van der Waals surface area contributed by atoms with Crippen LogP contribution in [-0.4, -0.2) is 12.6 Å². The molecule has 2 atom stereocenters. The number of hydrogen-bond acceptors (Lipinski definition) is 2. The van der Waals surface area contributed by atoms with Crippen LogP contribution in [0.25, 0.3) is 0 Å². The molecule has 1 aromatic heterocycles. The normalized spacial score (nSPS) is 26.7. The van der Waals surface area contributed by atoms with Gasteiger partial charge >= 0.3 is 0 Å². The molecule has 2 heteroatoms. The minimum atomic E-state index is 0.628. The van der Waals surface area contributed by atoms with E-state index in [9.17, 15) is 0 Å². The summed E-state index contributed by atoms with van der Waals surface area (Å²) in [7, 11) is 0. The highest BCUT2D eigenvalue weighted by Crippen LogP contribution is 2.47. The summed E-state index contributed by atoms with van der Waals surface area (Å²) in [6, 6.07) is 2.90. The summed E-state index contributed by atoms with van der Waals surface area (Å²) in [5.41, 5.74) is 1.56. The quantitative estimate of drug-likeness (QED) is 0.779. The Balaban J connectivity index is 1.77. The van der Waals surface area contributed by atoms with E-state index in [1.54, 1.807) is 5.56 Å². The van der Waals surface area contributed by atoms with E-state index >= 15 is 0 Å². The molecule has 0 radical (unpaired) electrons. The van der Waals surface area contributed by atoms with Gasteiger partial charge in [-0.3, -0.25) is 0 Å². The van der Waals surface area contributed by atoms with Crippen LogP contribution in [0.1, 0.15) is 31.7 Å².